The molecule has 2 aromatic carbocycles. The number of rotatable bonds is 8. The molecule has 0 aliphatic heterocycles. The number of aliphatic hydroxyl groups is 1. The first-order valence-electron chi connectivity index (χ1n) is 9.81. The lowest BCUT2D eigenvalue weighted by molar-refractivity contribution is -0.137. The van der Waals surface area contributed by atoms with Crippen LogP contribution >= 0.6 is 0 Å². The van der Waals surface area contributed by atoms with E-state index in [1.807, 2.05) is 0 Å². The summed E-state index contributed by atoms with van der Waals surface area (Å²) in [4.78, 5) is 27.7. The molecule has 2 unspecified atom stereocenters. The second-order valence-corrected chi connectivity index (χ2v) is 7.47. The van der Waals surface area contributed by atoms with Gasteiger partial charge in [0.15, 0.2) is 0 Å². The molecule has 0 aliphatic rings. The number of carbonyl (C=O) groups excluding carboxylic acids is 2. The third-order valence-electron chi connectivity index (χ3n) is 5.48. The van der Waals surface area contributed by atoms with Crippen LogP contribution in [0.25, 0.3) is 0 Å². The quantitative estimate of drug-likeness (QED) is 0.709. The van der Waals surface area contributed by atoms with Crippen molar-refractivity contribution in [1.82, 2.24) is 9.80 Å². The lowest BCUT2D eigenvalue weighted by Gasteiger charge is -2.28. The molecule has 162 valence electrons. The Bertz CT molecular complexity index is 819. The van der Waals surface area contributed by atoms with Gasteiger partial charge in [-0.1, -0.05) is 36.4 Å². The second-order valence-electron chi connectivity index (χ2n) is 7.47. The molecule has 0 spiro atoms. The maximum Gasteiger partial charge on any atom is 0.225 e. The zero-order valence-electron chi connectivity index (χ0n) is 17.7. The van der Waals surface area contributed by atoms with Crippen molar-refractivity contribution in [3.8, 4) is 0 Å². The third kappa shape index (κ3) is 5.63. The predicted molar refractivity (Wildman–Crippen MR) is 110 cm³/mol. The van der Waals surface area contributed by atoms with Crippen LogP contribution < -0.4 is 0 Å². The van der Waals surface area contributed by atoms with Crippen molar-refractivity contribution in [1.29, 1.82) is 0 Å². The van der Waals surface area contributed by atoms with Gasteiger partial charge in [0.25, 0.3) is 0 Å². The molecule has 2 aromatic rings. The van der Waals surface area contributed by atoms with Crippen LogP contribution in [-0.4, -0.2) is 46.9 Å². The first-order valence-corrected chi connectivity index (χ1v) is 9.81. The summed E-state index contributed by atoms with van der Waals surface area (Å²) in [6.07, 6.45) is -1.75. The van der Waals surface area contributed by atoms with Crippen molar-refractivity contribution in [2.24, 2.45) is 0 Å². The van der Waals surface area contributed by atoms with Crippen LogP contribution in [0.1, 0.15) is 49.9 Å². The molecule has 1 N–H and O–H groups in total. The molecule has 0 fully saturated rings. The van der Waals surface area contributed by atoms with Crippen molar-refractivity contribution >= 4 is 11.8 Å². The Kier molecular flexibility index (Phi) is 8.06. The Labute approximate surface area is 175 Å². The summed E-state index contributed by atoms with van der Waals surface area (Å²) in [5.74, 6) is -1.64. The summed E-state index contributed by atoms with van der Waals surface area (Å²) >= 11 is 0. The monoisotopic (exact) mass is 418 g/mol. The Morgan fingerprint density at radius 2 is 1.13 bits per heavy atom. The van der Waals surface area contributed by atoms with Crippen LogP contribution in [0.5, 0.6) is 0 Å². The number of nitrogens with zero attached hydrogens (tertiary/aromatic N) is 2. The standard InChI is InChI=1S/C23H28F2N2O3/c1-15(18-9-5-7-11-20(18)24)26(3)22(29)13-17(28)14-23(30)27(4)16(2)19-10-6-8-12-21(19)25/h5-12,15-17,28H,13-14H2,1-4H3. The molecule has 30 heavy (non-hydrogen) atoms. The zero-order chi connectivity index (χ0) is 22.4. The highest BCUT2D eigenvalue weighted by atomic mass is 19.1. The number of benzene rings is 2. The molecular formula is C23H28F2N2O3. The van der Waals surface area contributed by atoms with Crippen LogP contribution in [0, 0.1) is 11.6 Å². The minimum atomic E-state index is -1.20. The molecule has 0 heterocycles. The zero-order valence-corrected chi connectivity index (χ0v) is 17.7. The highest BCUT2D eigenvalue weighted by Gasteiger charge is 2.26. The van der Waals surface area contributed by atoms with Gasteiger partial charge in [-0.3, -0.25) is 9.59 Å². The molecule has 0 aromatic heterocycles. The number of halogens is 2. The fourth-order valence-corrected chi connectivity index (χ4v) is 3.24. The molecule has 0 radical (unpaired) electrons. The van der Waals surface area contributed by atoms with Crippen molar-refractivity contribution in [3.05, 3.63) is 71.3 Å². The number of hydrogen-bond acceptors (Lipinski definition) is 3. The van der Waals surface area contributed by atoms with Gasteiger partial charge < -0.3 is 14.9 Å². The summed E-state index contributed by atoms with van der Waals surface area (Å²) in [5, 5.41) is 10.3. The van der Waals surface area contributed by atoms with Crippen LogP contribution in [0.15, 0.2) is 48.5 Å². The van der Waals surface area contributed by atoms with Crippen molar-refractivity contribution < 1.29 is 23.5 Å². The summed E-state index contributed by atoms with van der Waals surface area (Å²) in [7, 11) is 3.06. The summed E-state index contributed by atoms with van der Waals surface area (Å²) in [6, 6.07) is 11.3. The van der Waals surface area contributed by atoms with Gasteiger partial charge in [-0.05, 0) is 26.0 Å². The van der Waals surface area contributed by atoms with Gasteiger partial charge in [-0.15, -0.1) is 0 Å². The average molecular weight is 418 g/mol. The minimum Gasteiger partial charge on any atom is -0.392 e. The van der Waals surface area contributed by atoms with Crippen LogP contribution in [-0.2, 0) is 9.59 Å². The van der Waals surface area contributed by atoms with Gasteiger partial charge in [-0.25, -0.2) is 8.78 Å². The summed E-state index contributed by atoms with van der Waals surface area (Å²) in [5.41, 5.74) is 0.745. The van der Waals surface area contributed by atoms with Crippen LogP contribution in [0.2, 0.25) is 0 Å². The van der Waals surface area contributed by atoms with Crippen LogP contribution in [0.4, 0.5) is 8.78 Å². The molecule has 0 saturated carbocycles. The number of amides is 2. The molecule has 0 saturated heterocycles. The van der Waals surface area contributed by atoms with E-state index in [-0.39, 0.29) is 12.8 Å². The van der Waals surface area contributed by atoms with Crippen molar-refractivity contribution in [3.63, 3.8) is 0 Å². The molecule has 2 atom stereocenters. The maximum atomic E-state index is 14.0. The number of carbonyl (C=O) groups is 2. The Hall–Kier alpha value is -2.80. The smallest absolute Gasteiger partial charge is 0.225 e. The van der Waals surface area contributed by atoms with E-state index in [2.05, 4.69) is 0 Å². The topological polar surface area (TPSA) is 60.9 Å². The Morgan fingerprint density at radius 3 is 1.47 bits per heavy atom. The molecule has 5 nitrogen and oxygen atoms in total. The van der Waals surface area contributed by atoms with E-state index in [0.717, 1.165) is 0 Å². The first kappa shape index (κ1) is 23.5. The number of aliphatic hydroxyl groups excluding tert-OH is 1. The average Bonchev–Trinajstić information content (AvgIpc) is 2.72. The highest BCUT2D eigenvalue weighted by Crippen LogP contribution is 2.24. The largest absolute Gasteiger partial charge is 0.392 e. The summed E-state index contributed by atoms with van der Waals surface area (Å²) in [6.45, 7) is 3.38. The predicted octanol–water partition coefficient (Wildman–Crippen LogP) is 3.84. The number of hydrogen-bond donors (Lipinski definition) is 1. The van der Waals surface area contributed by atoms with Gasteiger partial charge in [0, 0.05) is 25.2 Å². The molecule has 2 amide bonds. The molecular weight excluding hydrogens is 390 g/mol. The first-order chi connectivity index (χ1) is 14.1. The molecule has 7 heteroatoms. The molecule has 0 aliphatic carbocycles. The van der Waals surface area contributed by atoms with E-state index >= 15 is 0 Å². The van der Waals surface area contributed by atoms with E-state index < -0.39 is 41.6 Å². The van der Waals surface area contributed by atoms with E-state index in [1.54, 1.807) is 50.2 Å². The van der Waals surface area contributed by atoms with Crippen LogP contribution in [0.3, 0.4) is 0 Å². The van der Waals surface area contributed by atoms with E-state index in [1.165, 1.54) is 36.0 Å². The third-order valence-corrected chi connectivity index (χ3v) is 5.48. The Balaban J connectivity index is 1.94. The van der Waals surface area contributed by atoms with Gasteiger partial charge >= 0.3 is 0 Å². The van der Waals surface area contributed by atoms with Gasteiger partial charge in [0.2, 0.25) is 11.8 Å². The lowest BCUT2D eigenvalue weighted by Crippen LogP contribution is -2.36. The van der Waals surface area contributed by atoms with Crippen molar-refractivity contribution in [2.45, 2.75) is 44.9 Å². The fraction of sp³-hybridized carbons (Fsp3) is 0.391. The highest BCUT2D eigenvalue weighted by molar-refractivity contribution is 5.80. The van der Waals surface area contributed by atoms with Gasteiger partial charge in [0.05, 0.1) is 31.0 Å². The van der Waals surface area contributed by atoms with Gasteiger partial charge in [-0.2, -0.15) is 0 Å². The minimum absolute atomic E-state index is 0.275. The fourth-order valence-electron chi connectivity index (χ4n) is 3.24. The maximum absolute atomic E-state index is 14.0. The molecule has 2 rings (SSSR count). The van der Waals surface area contributed by atoms with E-state index in [4.69, 9.17) is 0 Å². The normalized spacial score (nSPS) is 14.0. The molecule has 0 bridgehead atoms. The van der Waals surface area contributed by atoms with E-state index in [9.17, 15) is 23.5 Å². The lowest BCUT2D eigenvalue weighted by atomic mass is 10.0. The SMILES string of the molecule is CC(c1ccccc1F)N(C)C(=O)CC(O)CC(=O)N(C)C(C)c1ccccc1F. The summed E-state index contributed by atoms with van der Waals surface area (Å²) < 4.78 is 27.9. The van der Waals surface area contributed by atoms with Gasteiger partial charge in [0.1, 0.15) is 11.6 Å². The van der Waals surface area contributed by atoms with E-state index in [0.29, 0.717) is 11.1 Å². The van der Waals surface area contributed by atoms with Crippen molar-refractivity contribution in [2.75, 3.05) is 14.1 Å². The second kappa shape index (κ2) is 10.3. The Morgan fingerprint density at radius 1 is 0.800 bits per heavy atom.